The van der Waals surface area contributed by atoms with E-state index in [-0.39, 0.29) is 0 Å². The number of aryl methyl sites for hydroxylation is 2. The van der Waals surface area contributed by atoms with Crippen LogP contribution in [0.4, 0.5) is 0 Å². The quantitative estimate of drug-likeness (QED) is 0.860. The zero-order chi connectivity index (χ0) is 13.3. The Bertz CT molecular complexity index is 437. The molecule has 2 aliphatic rings. The molecule has 0 bridgehead atoms. The Hall–Kier alpha value is -0.940. The highest BCUT2D eigenvalue weighted by Crippen LogP contribution is 2.27. The molecule has 0 radical (unpaired) electrons. The second-order valence-electron chi connectivity index (χ2n) is 6.16. The summed E-state index contributed by atoms with van der Waals surface area (Å²) < 4.78 is 2.02. The van der Waals surface area contributed by atoms with Gasteiger partial charge in [-0.2, -0.15) is 5.10 Å². The summed E-state index contributed by atoms with van der Waals surface area (Å²) in [5.74, 6) is 1.97. The van der Waals surface area contributed by atoms with Crippen LogP contribution in [0.2, 0.25) is 0 Å². The predicted octanol–water partition coefficient (Wildman–Crippen LogP) is 1.19. The predicted molar refractivity (Wildman–Crippen MR) is 72.9 cm³/mol. The summed E-state index contributed by atoms with van der Waals surface area (Å²) in [6.45, 7) is 3.55. The van der Waals surface area contributed by atoms with Crippen LogP contribution < -0.4 is 5.32 Å². The third kappa shape index (κ3) is 2.98. The van der Waals surface area contributed by atoms with Gasteiger partial charge in [0, 0.05) is 19.0 Å². The van der Waals surface area contributed by atoms with E-state index in [9.17, 15) is 5.11 Å². The molecule has 1 aliphatic carbocycles. The Morgan fingerprint density at radius 3 is 2.95 bits per heavy atom. The van der Waals surface area contributed by atoms with Crippen LogP contribution in [-0.2, 0) is 13.0 Å². The molecule has 1 atom stereocenters. The molecule has 3 rings (SSSR count). The first-order valence-corrected chi connectivity index (χ1v) is 7.51. The van der Waals surface area contributed by atoms with Gasteiger partial charge in [-0.15, -0.1) is 0 Å². The Morgan fingerprint density at radius 2 is 2.16 bits per heavy atom. The summed E-state index contributed by atoms with van der Waals surface area (Å²) in [6.07, 6.45) is 7.56. The van der Waals surface area contributed by atoms with Crippen LogP contribution in [0, 0.1) is 6.92 Å². The maximum Gasteiger partial charge on any atom is 0.147 e. The van der Waals surface area contributed by atoms with Crippen molar-refractivity contribution in [2.75, 3.05) is 6.54 Å². The van der Waals surface area contributed by atoms with Crippen molar-refractivity contribution in [1.82, 2.24) is 20.1 Å². The number of aromatic nitrogens is 3. The molecule has 0 amide bonds. The third-order valence-corrected chi connectivity index (χ3v) is 4.47. The van der Waals surface area contributed by atoms with Gasteiger partial charge in [0.05, 0.1) is 12.1 Å². The fourth-order valence-corrected chi connectivity index (χ4v) is 3.32. The SMILES string of the molecule is Cc1nc2n(n1)CC(NCC1(O)CCCCC1)CC2. The van der Waals surface area contributed by atoms with Gasteiger partial charge in [-0.1, -0.05) is 19.3 Å². The monoisotopic (exact) mass is 264 g/mol. The molecular formula is C14H24N4O. The Balaban J connectivity index is 1.54. The van der Waals surface area contributed by atoms with Crippen LogP contribution in [-0.4, -0.2) is 38.1 Å². The Morgan fingerprint density at radius 1 is 1.37 bits per heavy atom. The number of nitrogens with zero attached hydrogens (tertiary/aromatic N) is 3. The minimum Gasteiger partial charge on any atom is -0.389 e. The fraction of sp³-hybridized carbons (Fsp3) is 0.857. The lowest BCUT2D eigenvalue weighted by Crippen LogP contribution is -2.48. The Kier molecular flexibility index (Phi) is 3.58. The summed E-state index contributed by atoms with van der Waals surface area (Å²) in [5, 5.41) is 18.5. The van der Waals surface area contributed by atoms with Crippen LogP contribution in [0.5, 0.6) is 0 Å². The molecule has 0 spiro atoms. The summed E-state index contributed by atoms with van der Waals surface area (Å²) in [4.78, 5) is 4.42. The van der Waals surface area contributed by atoms with Gasteiger partial charge in [0.2, 0.25) is 0 Å². The van der Waals surface area contributed by atoms with Gasteiger partial charge in [0.15, 0.2) is 0 Å². The van der Waals surface area contributed by atoms with E-state index in [1.807, 2.05) is 11.6 Å². The lowest BCUT2D eigenvalue weighted by molar-refractivity contribution is 0.00155. The van der Waals surface area contributed by atoms with Crippen LogP contribution >= 0.6 is 0 Å². The zero-order valence-corrected chi connectivity index (χ0v) is 11.7. The lowest BCUT2D eigenvalue weighted by atomic mass is 9.84. The first kappa shape index (κ1) is 13.1. The van der Waals surface area contributed by atoms with Gasteiger partial charge in [0.25, 0.3) is 0 Å². The van der Waals surface area contributed by atoms with E-state index < -0.39 is 5.60 Å². The summed E-state index contributed by atoms with van der Waals surface area (Å²) in [5.41, 5.74) is -0.475. The molecule has 1 saturated carbocycles. The van der Waals surface area contributed by atoms with E-state index in [1.54, 1.807) is 0 Å². The number of nitrogens with one attached hydrogen (secondary N) is 1. The van der Waals surface area contributed by atoms with Gasteiger partial charge < -0.3 is 10.4 Å². The number of aliphatic hydroxyl groups is 1. The van der Waals surface area contributed by atoms with Crippen molar-refractivity contribution in [2.24, 2.45) is 0 Å². The second kappa shape index (κ2) is 5.21. The van der Waals surface area contributed by atoms with Crippen LogP contribution in [0.25, 0.3) is 0 Å². The summed E-state index contributed by atoms with van der Waals surface area (Å²) in [6, 6.07) is 0.416. The topological polar surface area (TPSA) is 63.0 Å². The molecule has 19 heavy (non-hydrogen) atoms. The van der Waals surface area contributed by atoms with E-state index in [1.165, 1.54) is 6.42 Å². The van der Waals surface area contributed by atoms with Crippen LogP contribution in [0.1, 0.15) is 50.2 Å². The molecule has 5 nitrogen and oxygen atoms in total. The standard InChI is InChI=1S/C14H24N4O/c1-11-16-13-6-5-12(9-18(13)17-11)15-10-14(19)7-3-2-4-8-14/h12,15,19H,2-10H2,1H3. The highest BCUT2D eigenvalue weighted by molar-refractivity contribution is 4.97. The number of hydrogen-bond donors (Lipinski definition) is 2. The Labute approximate surface area is 114 Å². The van der Waals surface area contributed by atoms with Crippen molar-refractivity contribution in [1.29, 1.82) is 0 Å². The van der Waals surface area contributed by atoms with Gasteiger partial charge in [-0.25, -0.2) is 9.67 Å². The van der Waals surface area contributed by atoms with E-state index in [0.717, 1.165) is 63.3 Å². The lowest BCUT2D eigenvalue weighted by Gasteiger charge is -2.34. The molecule has 1 fully saturated rings. The highest BCUT2D eigenvalue weighted by Gasteiger charge is 2.30. The van der Waals surface area contributed by atoms with Crippen molar-refractivity contribution in [3.8, 4) is 0 Å². The summed E-state index contributed by atoms with van der Waals surface area (Å²) in [7, 11) is 0. The van der Waals surface area contributed by atoms with Gasteiger partial charge in [-0.3, -0.25) is 0 Å². The van der Waals surface area contributed by atoms with Crippen molar-refractivity contribution in [3.63, 3.8) is 0 Å². The second-order valence-corrected chi connectivity index (χ2v) is 6.16. The van der Waals surface area contributed by atoms with Crippen LogP contribution in [0.3, 0.4) is 0 Å². The first-order chi connectivity index (χ1) is 9.15. The van der Waals surface area contributed by atoms with E-state index in [0.29, 0.717) is 6.04 Å². The largest absolute Gasteiger partial charge is 0.389 e. The molecule has 5 heteroatoms. The van der Waals surface area contributed by atoms with Gasteiger partial charge >= 0.3 is 0 Å². The van der Waals surface area contributed by atoms with Crippen LogP contribution in [0.15, 0.2) is 0 Å². The third-order valence-electron chi connectivity index (χ3n) is 4.47. The van der Waals surface area contributed by atoms with Crippen molar-refractivity contribution < 1.29 is 5.11 Å². The van der Waals surface area contributed by atoms with Gasteiger partial charge in [-0.05, 0) is 26.2 Å². The van der Waals surface area contributed by atoms with Gasteiger partial charge in [0.1, 0.15) is 11.6 Å². The molecule has 106 valence electrons. The smallest absolute Gasteiger partial charge is 0.147 e. The molecule has 0 aromatic carbocycles. The fourth-order valence-electron chi connectivity index (χ4n) is 3.32. The molecular weight excluding hydrogens is 240 g/mol. The van der Waals surface area contributed by atoms with Crippen molar-refractivity contribution in [3.05, 3.63) is 11.6 Å². The molecule has 1 aromatic rings. The summed E-state index contributed by atoms with van der Waals surface area (Å²) >= 11 is 0. The van der Waals surface area contributed by atoms with E-state index in [2.05, 4.69) is 15.4 Å². The minimum atomic E-state index is -0.475. The van der Waals surface area contributed by atoms with Crippen molar-refractivity contribution in [2.45, 2.75) is 70.1 Å². The molecule has 2 heterocycles. The number of rotatable bonds is 3. The molecule has 2 N–H and O–H groups in total. The van der Waals surface area contributed by atoms with E-state index in [4.69, 9.17) is 0 Å². The molecule has 1 aromatic heterocycles. The zero-order valence-electron chi connectivity index (χ0n) is 11.7. The van der Waals surface area contributed by atoms with Crippen molar-refractivity contribution >= 4 is 0 Å². The number of fused-ring (bicyclic) bond motifs is 1. The molecule has 0 saturated heterocycles. The average Bonchev–Trinajstić information content (AvgIpc) is 2.76. The average molecular weight is 264 g/mol. The highest BCUT2D eigenvalue weighted by atomic mass is 16.3. The maximum atomic E-state index is 10.5. The maximum absolute atomic E-state index is 10.5. The normalized spacial score (nSPS) is 26.1. The number of hydrogen-bond acceptors (Lipinski definition) is 4. The minimum absolute atomic E-state index is 0.416. The molecule has 1 aliphatic heterocycles. The molecule has 1 unspecified atom stereocenters. The van der Waals surface area contributed by atoms with E-state index >= 15 is 0 Å². The first-order valence-electron chi connectivity index (χ1n) is 7.51.